The van der Waals surface area contributed by atoms with Crippen LogP contribution in [0, 0.1) is 0 Å². The van der Waals surface area contributed by atoms with Crippen LogP contribution in [0.5, 0.6) is 5.75 Å². The Balaban J connectivity index is 3.17. The van der Waals surface area contributed by atoms with Crippen LogP contribution in [0.3, 0.4) is 0 Å². The lowest BCUT2D eigenvalue weighted by molar-refractivity contribution is 0.415. The van der Waals surface area contributed by atoms with Crippen LogP contribution in [0.15, 0.2) is 29.8 Å². The van der Waals surface area contributed by atoms with Gasteiger partial charge in [0, 0.05) is 11.6 Å². The number of methoxy groups -OCH3 is 1. The fourth-order valence-electron chi connectivity index (χ4n) is 1.10. The summed E-state index contributed by atoms with van der Waals surface area (Å²) >= 11 is 0. The van der Waals surface area contributed by atoms with Crippen LogP contribution in [-0.2, 0) is 0 Å². The lowest BCUT2D eigenvalue weighted by Gasteiger charge is -2.09. The summed E-state index contributed by atoms with van der Waals surface area (Å²) < 4.78 is 5.06. The molecule has 1 aromatic rings. The smallest absolute Gasteiger partial charge is 0.121 e. The Labute approximate surface area is 83.1 Å². The molecule has 0 aliphatic rings. The molecule has 4 heteroatoms. The number of nitrogens with two attached hydrogens (primary N) is 1. The van der Waals surface area contributed by atoms with Gasteiger partial charge in [0.2, 0.25) is 0 Å². The third-order valence-corrected chi connectivity index (χ3v) is 1.87. The Kier molecular flexibility index (Phi) is 3.25. The first kappa shape index (κ1) is 10.3. The predicted octanol–water partition coefficient (Wildman–Crippen LogP) is 1.46. The number of hydrogen-bond acceptors (Lipinski definition) is 4. The van der Waals surface area contributed by atoms with Gasteiger partial charge in [-0.15, -0.1) is 0 Å². The van der Waals surface area contributed by atoms with Gasteiger partial charge in [0.25, 0.3) is 0 Å². The van der Waals surface area contributed by atoms with E-state index in [1.165, 1.54) is 0 Å². The molecule has 0 spiro atoms. The third kappa shape index (κ3) is 1.92. The summed E-state index contributed by atoms with van der Waals surface area (Å²) in [6.45, 7) is 7.21. The van der Waals surface area contributed by atoms with E-state index < -0.39 is 0 Å². The van der Waals surface area contributed by atoms with Gasteiger partial charge in [0.1, 0.15) is 5.75 Å². The number of benzene rings is 1. The zero-order chi connectivity index (χ0) is 10.6. The molecule has 1 aromatic carbocycles. The molecule has 0 aromatic heterocycles. The average Bonchev–Trinajstić information content (AvgIpc) is 2.27. The quantitative estimate of drug-likeness (QED) is 0.430. The minimum Gasteiger partial charge on any atom is -0.497 e. The molecule has 0 saturated carbocycles. The van der Waals surface area contributed by atoms with E-state index in [9.17, 15) is 0 Å². The number of hydrazine groups is 1. The predicted molar refractivity (Wildman–Crippen MR) is 58.6 cm³/mol. The average molecular weight is 191 g/mol. The topological polar surface area (TPSA) is 59.6 Å². The van der Waals surface area contributed by atoms with Crippen molar-refractivity contribution >= 4 is 18.1 Å². The molecule has 0 heterocycles. The molecule has 0 saturated heterocycles. The summed E-state index contributed by atoms with van der Waals surface area (Å²) in [7, 11) is 1.60. The zero-order valence-corrected chi connectivity index (χ0v) is 8.08. The molecule has 0 unspecified atom stereocenters. The second-order valence-electron chi connectivity index (χ2n) is 2.66. The van der Waals surface area contributed by atoms with Crippen LogP contribution >= 0.6 is 0 Å². The highest BCUT2D eigenvalue weighted by Crippen LogP contribution is 2.27. The monoisotopic (exact) mass is 191 g/mol. The van der Waals surface area contributed by atoms with E-state index in [4.69, 9.17) is 10.6 Å². The molecule has 0 radical (unpaired) electrons. The first-order chi connectivity index (χ1) is 6.72. The minimum atomic E-state index is 0.593. The van der Waals surface area contributed by atoms with Crippen molar-refractivity contribution in [1.82, 2.24) is 5.43 Å². The summed E-state index contributed by atoms with van der Waals surface area (Å²) in [6, 6.07) is 5.41. The van der Waals surface area contributed by atoms with Gasteiger partial charge in [-0.05, 0) is 18.9 Å². The van der Waals surface area contributed by atoms with Crippen molar-refractivity contribution in [3.8, 4) is 5.75 Å². The van der Waals surface area contributed by atoms with E-state index in [1.54, 1.807) is 13.2 Å². The van der Waals surface area contributed by atoms with Crippen LogP contribution in [0.4, 0.5) is 5.69 Å². The van der Waals surface area contributed by atoms with Gasteiger partial charge in [0.05, 0.1) is 18.5 Å². The van der Waals surface area contributed by atoms with E-state index in [0.717, 1.165) is 11.3 Å². The summed E-state index contributed by atoms with van der Waals surface area (Å²) in [4.78, 5) is 3.86. The maximum absolute atomic E-state index is 5.26. The first-order valence-corrected chi connectivity index (χ1v) is 4.03. The number of aliphatic imine (C=N–C) groups is 1. The number of rotatable bonds is 4. The molecule has 0 aliphatic carbocycles. The van der Waals surface area contributed by atoms with Gasteiger partial charge in [-0.3, -0.25) is 10.8 Å². The van der Waals surface area contributed by atoms with Gasteiger partial charge in [-0.2, -0.15) is 0 Å². The molecule has 1 rings (SSSR count). The molecule has 0 bridgehead atoms. The van der Waals surface area contributed by atoms with Gasteiger partial charge in [-0.1, -0.05) is 6.58 Å². The fraction of sp³-hybridized carbons (Fsp3) is 0.100. The normalized spacial score (nSPS) is 9.29. The summed E-state index contributed by atoms with van der Waals surface area (Å²) in [5.41, 5.74) is 4.56. The molecule has 0 fully saturated rings. The maximum atomic E-state index is 5.26. The van der Waals surface area contributed by atoms with E-state index in [1.807, 2.05) is 12.1 Å². The molecule has 0 aliphatic heterocycles. The highest BCUT2D eigenvalue weighted by molar-refractivity contribution is 5.74. The molecule has 74 valence electrons. The standard InChI is InChI=1S/C10H13N3O/c1-7(13-11)9-5-4-8(14-3)6-10(9)12-2/h4-6,13H,1-2,11H2,3H3. The Morgan fingerprint density at radius 1 is 1.57 bits per heavy atom. The van der Waals surface area contributed by atoms with Crippen molar-refractivity contribution in [3.63, 3.8) is 0 Å². The maximum Gasteiger partial charge on any atom is 0.121 e. The lowest BCUT2D eigenvalue weighted by Crippen LogP contribution is -2.19. The molecule has 4 nitrogen and oxygen atoms in total. The van der Waals surface area contributed by atoms with Crippen LogP contribution in [0.25, 0.3) is 5.70 Å². The second kappa shape index (κ2) is 4.43. The number of hydrogen-bond donors (Lipinski definition) is 2. The number of nitrogens with one attached hydrogen (secondary N) is 1. The Morgan fingerprint density at radius 3 is 2.79 bits per heavy atom. The molecule has 14 heavy (non-hydrogen) atoms. The lowest BCUT2D eigenvalue weighted by atomic mass is 10.1. The van der Waals surface area contributed by atoms with E-state index in [-0.39, 0.29) is 0 Å². The van der Waals surface area contributed by atoms with Crippen LogP contribution in [0.1, 0.15) is 5.56 Å². The van der Waals surface area contributed by atoms with Crippen molar-refractivity contribution < 1.29 is 4.74 Å². The summed E-state index contributed by atoms with van der Waals surface area (Å²) in [5, 5.41) is 0. The Bertz CT molecular complexity index is 360. The second-order valence-corrected chi connectivity index (χ2v) is 2.66. The molecular weight excluding hydrogens is 178 g/mol. The third-order valence-electron chi connectivity index (χ3n) is 1.87. The van der Waals surface area contributed by atoms with Crippen molar-refractivity contribution in [3.05, 3.63) is 30.3 Å². The van der Waals surface area contributed by atoms with E-state index >= 15 is 0 Å². The SMILES string of the molecule is C=Nc1cc(OC)ccc1C(=C)NN. The highest BCUT2D eigenvalue weighted by atomic mass is 16.5. The highest BCUT2D eigenvalue weighted by Gasteiger charge is 2.04. The molecule has 3 N–H and O–H groups in total. The molecule has 0 atom stereocenters. The van der Waals surface area contributed by atoms with E-state index in [0.29, 0.717) is 11.4 Å². The van der Waals surface area contributed by atoms with Crippen LogP contribution < -0.4 is 16.0 Å². The van der Waals surface area contributed by atoms with Crippen LogP contribution in [0.2, 0.25) is 0 Å². The zero-order valence-electron chi connectivity index (χ0n) is 8.08. The van der Waals surface area contributed by atoms with Gasteiger partial charge >= 0.3 is 0 Å². The van der Waals surface area contributed by atoms with Crippen molar-refractivity contribution in [2.24, 2.45) is 10.8 Å². The first-order valence-electron chi connectivity index (χ1n) is 4.03. The van der Waals surface area contributed by atoms with Crippen molar-refractivity contribution in [1.29, 1.82) is 0 Å². The Hall–Kier alpha value is -1.81. The number of nitrogens with zero attached hydrogens (tertiary/aromatic N) is 1. The summed E-state index contributed by atoms with van der Waals surface area (Å²) in [5.74, 6) is 5.98. The van der Waals surface area contributed by atoms with Gasteiger partial charge in [0.15, 0.2) is 0 Å². The molecular formula is C10H13N3O. The van der Waals surface area contributed by atoms with E-state index in [2.05, 4.69) is 23.7 Å². The minimum absolute atomic E-state index is 0.593. The van der Waals surface area contributed by atoms with Crippen molar-refractivity contribution in [2.45, 2.75) is 0 Å². The Morgan fingerprint density at radius 2 is 2.29 bits per heavy atom. The van der Waals surface area contributed by atoms with Gasteiger partial charge in [-0.25, -0.2) is 0 Å². The summed E-state index contributed by atoms with van der Waals surface area (Å²) in [6.07, 6.45) is 0. The number of ether oxygens (including phenoxy) is 1. The van der Waals surface area contributed by atoms with Crippen LogP contribution in [-0.4, -0.2) is 13.8 Å². The van der Waals surface area contributed by atoms with Crippen molar-refractivity contribution in [2.75, 3.05) is 7.11 Å². The van der Waals surface area contributed by atoms with Gasteiger partial charge < -0.3 is 10.2 Å². The molecule has 0 amide bonds. The fourth-order valence-corrected chi connectivity index (χ4v) is 1.10. The largest absolute Gasteiger partial charge is 0.497 e.